The van der Waals surface area contributed by atoms with E-state index in [1.165, 1.54) is 50.8 Å². The van der Waals surface area contributed by atoms with Crippen molar-refractivity contribution >= 4 is 18.4 Å². The average Bonchev–Trinajstić information content (AvgIpc) is 2.54. The van der Waals surface area contributed by atoms with Crippen LogP contribution in [-0.4, -0.2) is 19.1 Å². The molecule has 0 radical (unpaired) electrons. The lowest BCUT2D eigenvalue weighted by molar-refractivity contribution is -0.134. The van der Waals surface area contributed by atoms with Crippen molar-refractivity contribution in [1.29, 1.82) is 0 Å². The summed E-state index contributed by atoms with van der Waals surface area (Å²) in [5, 5.41) is 3.42. The third-order valence-electron chi connectivity index (χ3n) is 4.23. The van der Waals surface area contributed by atoms with Crippen LogP contribution in [0.25, 0.3) is 0 Å². The number of hydrogen-bond acceptors (Lipinski definition) is 3. The molecule has 22 heavy (non-hydrogen) atoms. The Kier molecular flexibility index (Phi) is 9.17. The number of carbonyl (C=O) groups is 1. The molecule has 1 aromatic rings. The molecule has 124 valence electrons. The number of esters is 1. The minimum atomic E-state index is -0.176. The van der Waals surface area contributed by atoms with Crippen molar-refractivity contribution in [2.75, 3.05) is 13.1 Å². The standard InChI is InChI=1S/C18H27NO2.ClH/c1-2-18(20)21-17-9-7-15(8-10-17)5-3-4-6-16-11-13-19-14-12-16;/h7-10,16,19H,2-6,11-14H2,1H3;1H. The van der Waals surface area contributed by atoms with Gasteiger partial charge in [0.1, 0.15) is 5.75 Å². The molecule has 0 atom stereocenters. The molecule has 0 amide bonds. The van der Waals surface area contributed by atoms with Crippen molar-refractivity contribution in [2.45, 2.75) is 51.9 Å². The van der Waals surface area contributed by atoms with E-state index in [9.17, 15) is 4.79 Å². The van der Waals surface area contributed by atoms with Crippen molar-refractivity contribution in [3.05, 3.63) is 29.8 Å². The fourth-order valence-corrected chi connectivity index (χ4v) is 2.86. The van der Waals surface area contributed by atoms with Crippen LogP contribution in [0.3, 0.4) is 0 Å². The Morgan fingerprint density at radius 3 is 2.50 bits per heavy atom. The summed E-state index contributed by atoms with van der Waals surface area (Å²) in [4.78, 5) is 11.2. The van der Waals surface area contributed by atoms with Gasteiger partial charge in [-0.25, -0.2) is 0 Å². The maximum Gasteiger partial charge on any atom is 0.310 e. The maximum absolute atomic E-state index is 11.2. The molecule has 1 fully saturated rings. The number of carbonyl (C=O) groups excluding carboxylic acids is 1. The van der Waals surface area contributed by atoms with Crippen LogP contribution in [0.15, 0.2) is 24.3 Å². The first-order chi connectivity index (χ1) is 10.3. The zero-order valence-corrected chi connectivity index (χ0v) is 14.3. The Balaban J connectivity index is 0.00000242. The third-order valence-corrected chi connectivity index (χ3v) is 4.23. The van der Waals surface area contributed by atoms with Gasteiger partial charge in [0.2, 0.25) is 0 Å². The van der Waals surface area contributed by atoms with E-state index < -0.39 is 0 Å². The highest BCUT2D eigenvalue weighted by Crippen LogP contribution is 2.20. The van der Waals surface area contributed by atoms with E-state index >= 15 is 0 Å². The van der Waals surface area contributed by atoms with Crippen LogP contribution in [-0.2, 0) is 11.2 Å². The number of halogens is 1. The van der Waals surface area contributed by atoms with E-state index in [-0.39, 0.29) is 18.4 Å². The summed E-state index contributed by atoms with van der Waals surface area (Å²) < 4.78 is 5.18. The number of ether oxygens (including phenoxy) is 1. The molecule has 0 aromatic heterocycles. The normalized spacial score (nSPS) is 15.1. The van der Waals surface area contributed by atoms with Crippen molar-refractivity contribution in [2.24, 2.45) is 5.92 Å². The van der Waals surface area contributed by atoms with Gasteiger partial charge in [0.15, 0.2) is 0 Å². The highest BCUT2D eigenvalue weighted by Gasteiger charge is 2.11. The summed E-state index contributed by atoms with van der Waals surface area (Å²) in [5.41, 5.74) is 1.33. The topological polar surface area (TPSA) is 38.3 Å². The van der Waals surface area contributed by atoms with Gasteiger partial charge < -0.3 is 10.1 Å². The summed E-state index contributed by atoms with van der Waals surface area (Å²) in [6.07, 6.45) is 8.16. The van der Waals surface area contributed by atoms with Gasteiger partial charge in [-0.2, -0.15) is 0 Å². The fraction of sp³-hybridized carbons (Fsp3) is 0.611. The molecule has 1 heterocycles. The van der Waals surface area contributed by atoms with E-state index in [4.69, 9.17) is 4.74 Å². The second kappa shape index (κ2) is 10.6. The van der Waals surface area contributed by atoms with Crippen LogP contribution in [0.5, 0.6) is 5.75 Å². The minimum Gasteiger partial charge on any atom is -0.427 e. The van der Waals surface area contributed by atoms with E-state index in [1.54, 1.807) is 6.92 Å². The quantitative estimate of drug-likeness (QED) is 0.465. The molecular formula is C18H28ClNO2. The first kappa shape index (κ1) is 19.0. The number of hydrogen-bond donors (Lipinski definition) is 1. The Bertz CT molecular complexity index is 427. The van der Waals surface area contributed by atoms with Crippen LogP contribution >= 0.6 is 12.4 Å². The van der Waals surface area contributed by atoms with Crippen LogP contribution in [0.2, 0.25) is 0 Å². The molecule has 1 aromatic carbocycles. The average molecular weight is 326 g/mol. The smallest absolute Gasteiger partial charge is 0.310 e. The van der Waals surface area contributed by atoms with Gasteiger partial charge in [0, 0.05) is 6.42 Å². The number of unbranched alkanes of at least 4 members (excludes halogenated alkanes) is 1. The van der Waals surface area contributed by atoms with E-state index in [0.29, 0.717) is 12.2 Å². The molecule has 0 aliphatic carbocycles. The first-order valence-electron chi connectivity index (χ1n) is 8.28. The van der Waals surface area contributed by atoms with Crippen molar-refractivity contribution in [3.63, 3.8) is 0 Å². The fourth-order valence-electron chi connectivity index (χ4n) is 2.86. The van der Waals surface area contributed by atoms with Crippen molar-refractivity contribution in [1.82, 2.24) is 5.32 Å². The van der Waals surface area contributed by atoms with Crippen LogP contribution in [0.1, 0.15) is 51.0 Å². The van der Waals surface area contributed by atoms with Gasteiger partial charge in [-0.05, 0) is 62.4 Å². The van der Waals surface area contributed by atoms with Gasteiger partial charge in [0.25, 0.3) is 0 Å². The molecule has 0 unspecified atom stereocenters. The predicted octanol–water partition coefficient (Wildman–Crippen LogP) is 4.14. The maximum atomic E-state index is 11.2. The largest absolute Gasteiger partial charge is 0.427 e. The lowest BCUT2D eigenvalue weighted by Crippen LogP contribution is -2.27. The van der Waals surface area contributed by atoms with Crippen molar-refractivity contribution in [3.8, 4) is 5.75 Å². The lowest BCUT2D eigenvalue weighted by atomic mass is 9.92. The van der Waals surface area contributed by atoms with Gasteiger partial charge in [-0.1, -0.05) is 31.9 Å². The van der Waals surface area contributed by atoms with Crippen LogP contribution < -0.4 is 10.1 Å². The Morgan fingerprint density at radius 1 is 1.18 bits per heavy atom. The summed E-state index contributed by atoms with van der Waals surface area (Å²) in [5.74, 6) is 1.41. The summed E-state index contributed by atoms with van der Waals surface area (Å²) >= 11 is 0. The SMILES string of the molecule is CCC(=O)Oc1ccc(CCCCC2CCNCC2)cc1.Cl. The number of rotatable bonds is 7. The van der Waals surface area contributed by atoms with Gasteiger partial charge in [0.05, 0.1) is 0 Å². The second-order valence-electron chi connectivity index (χ2n) is 5.91. The van der Waals surface area contributed by atoms with Crippen molar-refractivity contribution < 1.29 is 9.53 Å². The molecule has 4 heteroatoms. The van der Waals surface area contributed by atoms with Gasteiger partial charge >= 0.3 is 5.97 Å². The van der Waals surface area contributed by atoms with E-state index in [2.05, 4.69) is 17.4 Å². The number of nitrogens with one attached hydrogen (secondary N) is 1. The minimum absolute atomic E-state index is 0. The van der Waals surface area contributed by atoms with Crippen LogP contribution in [0, 0.1) is 5.92 Å². The zero-order valence-electron chi connectivity index (χ0n) is 13.5. The third kappa shape index (κ3) is 6.80. The Labute approximate surface area is 140 Å². The molecule has 1 aliphatic heterocycles. The van der Waals surface area contributed by atoms with Crippen LogP contribution in [0.4, 0.5) is 0 Å². The summed E-state index contributed by atoms with van der Waals surface area (Å²) in [7, 11) is 0. The second-order valence-corrected chi connectivity index (χ2v) is 5.91. The van der Waals surface area contributed by atoms with Gasteiger partial charge in [-0.3, -0.25) is 4.79 Å². The molecule has 3 nitrogen and oxygen atoms in total. The van der Waals surface area contributed by atoms with Gasteiger partial charge in [-0.15, -0.1) is 12.4 Å². The zero-order chi connectivity index (χ0) is 14.9. The monoisotopic (exact) mass is 325 g/mol. The summed E-state index contributed by atoms with van der Waals surface area (Å²) in [6, 6.07) is 7.94. The molecule has 0 saturated carbocycles. The van der Waals surface area contributed by atoms with E-state index in [1.807, 2.05) is 12.1 Å². The molecule has 0 spiro atoms. The Hall–Kier alpha value is -1.06. The van der Waals surface area contributed by atoms with E-state index in [0.717, 1.165) is 12.3 Å². The first-order valence-corrected chi connectivity index (χ1v) is 8.28. The highest BCUT2D eigenvalue weighted by atomic mass is 35.5. The molecule has 1 N–H and O–H groups in total. The summed E-state index contributed by atoms with van der Waals surface area (Å²) in [6.45, 7) is 4.20. The number of benzene rings is 1. The molecule has 2 rings (SSSR count). The molecule has 0 bridgehead atoms. The highest BCUT2D eigenvalue weighted by molar-refractivity contribution is 5.85. The molecule has 1 aliphatic rings. The number of aryl methyl sites for hydroxylation is 1. The molecular weight excluding hydrogens is 298 g/mol. The lowest BCUT2D eigenvalue weighted by Gasteiger charge is -2.22. The Morgan fingerprint density at radius 2 is 1.86 bits per heavy atom. The molecule has 1 saturated heterocycles. The number of piperidine rings is 1. The predicted molar refractivity (Wildman–Crippen MR) is 92.8 cm³/mol.